The maximum Gasteiger partial charge on any atom is 0.256 e. The van der Waals surface area contributed by atoms with Gasteiger partial charge in [-0.25, -0.2) is 0 Å². The summed E-state index contributed by atoms with van der Waals surface area (Å²) in [5.41, 5.74) is 1.64. The van der Waals surface area contributed by atoms with Crippen LogP contribution in [0.2, 0.25) is 0 Å². The molecule has 3 nitrogen and oxygen atoms in total. The molecule has 19 heavy (non-hydrogen) atoms. The molecule has 1 N–H and O–H groups in total. The number of amides is 1. The van der Waals surface area contributed by atoms with Crippen LogP contribution in [0.15, 0.2) is 51.4 Å². The van der Waals surface area contributed by atoms with E-state index < -0.39 is 0 Å². The number of aldehydes is 1. The summed E-state index contributed by atoms with van der Waals surface area (Å²) in [6.45, 7) is 0. The lowest BCUT2D eigenvalue weighted by Gasteiger charge is -2.07. The van der Waals surface area contributed by atoms with Gasteiger partial charge in [-0.3, -0.25) is 9.59 Å². The first-order valence-corrected chi connectivity index (χ1v) is 7.00. The van der Waals surface area contributed by atoms with Gasteiger partial charge in [0.2, 0.25) is 0 Å². The molecule has 0 radical (unpaired) electrons. The van der Waals surface area contributed by atoms with E-state index in [1.54, 1.807) is 42.5 Å². The van der Waals surface area contributed by atoms with Crippen LogP contribution < -0.4 is 5.32 Å². The SMILES string of the molecule is O=Cc1cccc(NC(=O)c2ccc(Br)cc2Br)c1. The van der Waals surface area contributed by atoms with E-state index in [0.717, 1.165) is 10.8 Å². The molecule has 2 aromatic carbocycles. The van der Waals surface area contributed by atoms with Crippen molar-refractivity contribution in [2.45, 2.75) is 0 Å². The van der Waals surface area contributed by atoms with Gasteiger partial charge < -0.3 is 5.32 Å². The minimum absolute atomic E-state index is 0.234. The fourth-order valence-electron chi connectivity index (χ4n) is 1.56. The Morgan fingerprint density at radius 1 is 1.11 bits per heavy atom. The maximum atomic E-state index is 12.1. The van der Waals surface area contributed by atoms with Crippen LogP contribution in [0.1, 0.15) is 20.7 Å². The number of rotatable bonds is 3. The number of carbonyl (C=O) groups is 2. The van der Waals surface area contributed by atoms with Gasteiger partial charge in [0.15, 0.2) is 0 Å². The summed E-state index contributed by atoms with van der Waals surface area (Å²) in [4.78, 5) is 22.8. The predicted octanol–water partition coefficient (Wildman–Crippen LogP) is 4.28. The number of anilines is 1. The molecule has 0 aromatic heterocycles. The number of hydrogen-bond donors (Lipinski definition) is 1. The third-order valence-corrected chi connectivity index (χ3v) is 3.61. The highest BCUT2D eigenvalue weighted by molar-refractivity contribution is 9.11. The van der Waals surface area contributed by atoms with E-state index in [2.05, 4.69) is 37.2 Å². The maximum absolute atomic E-state index is 12.1. The molecule has 1 amide bonds. The van der Waals surface area contributed by atoms with E-state index in [4.69, 9.17) is 0 Å². The summed E-state index contributed by atoms with van der Waals surface area (Å²) in [7, 11) is 0. The summed E-state index contributed by atoms with van der Waals surface area (Å²) in [6.07, 6.45) is 0.741. The van der Waals surface area contributed by atoms with Crippen LogP contribution in [0.25, 0.3) is 0 Å². The smallest absolute Gasteiger partial charge is 0.256 e. The van der Waals surface area contributed by atoms with Crippen molar-refractivity contribution in [3.63, 3.8) is 0 Å². The first-order chi connectivity index (χ1) is 9.10. The van der Waals surface area contributed by atoms with Crippen molar-refractivity contribution in [1.29, 1.82) is 0 Å². The molecule has 0 saturated heterocycles. The average Bonchev–Trinajstić information content (AvgIpc) is 2.38. The molecule has 0 saturated carbocycles. The Hall–Kier alpha value is -1.46. The normalized spacial score (nSPS) is 10.0. The summed E-state index contributed by atoms with van der Waals surface area (Å²) in [5.74, 6) is -0.234. The summed E-state index contributed by atoms with van der Waals surface area (Å²) in [6, 6.07) is 12.1. The van der Waals surface area contributed by atoms with Gasteiger partial charge >= 0.3 is 0 Å². The number of carbonyl (C=O) groups excluding carboxylic acids is 2. The largest absolute Gasteiger partial charge is 0.322 e. The minimum atomic E-state index is -0.234. The van der Waals surface area contributed by atoms with Gasteiger partial charge in [-0.1, -0.05) is 28.1 Å². The van der Waals surface area contributed by atoms with Gasteiger partial charge in [0.05, 0.1) is 5.56 Å². The van der Waals surface area contributed by atoms with E-state index in [-0.39, 0.29) is 5.91 Å². The third kappa shape index (κ3) is 3.52. The van der Waals surface area contributed by atoms with Crippen molar-refractivity contribution in [3.8, 4) is 0 Å². The van der Waals surface area contributed by atoms with Crippen molar-refractivity contribution in [1.82, 2.24) is 0 Å². The molecule has 96 valence electrons. The molecule has 0 fully saturated rings. The Morgan fingerprint density at radius 3 is 2.58 bits per heavy atom. The molecule has 0 spiro atoms. The highest BCUT2D eigenvalue weighted by atomic mass is 79.9. The van der Waals surface area contributed by atoms with Crippen LogP contribution in [0.4, 0.5) is 5.69 Å². The van der Waals surface area contributed by atoms with Crippen molar-refractivity contribution < 1.29 is 9.59 Å². The molecule has 0 bridgehead atoms. The molecule has 5 heteroatoms. The van der Waals surface area contributed by atoms with Gasteiger partial charge in [-0.2, -0.15) is 0 Å². The molecule has 0 aliphatic rings. The summed E-state index contributed by atoms with van der Waals surface area (Å²) >= 11 is 6.67. The van der Waals surface area contributed by atoms with Gasteiger partial charge in [-0.05, 0) is 46.3 Å². The Labute approximate surface area is 127 Å². The molecular formula is C14H9Br2NO2. The van der Waals surface area contributed by atoms with Gasteiger partial charge in [0.1, 0.15) is 6.29 Å². The second kappa shape index (κ2) is 6.12. The first kappa shape index (κ1) is 14.0. The Kier molecular flexibility index (Phi) is 4.50. The van der Waals surface area contributed by atoms with Crippen LogP contribution in [-0.2, 0) is 0 Å². The molecule has 2 aromatic rings. The van der Waals surface area contributed by atoms with Crippen LogP contribution in [0.5, 0.6) is 0 Å². The van der Waals surface area contributed by atoms with Crippen LogP contribution in [0.3, 0.4) is 0 Å². The lowest BCUT2D eigenvalue weighted by atomic mass is 10.2. The first-order valence-electron chi connectivity index (χ1n) is 5.42. The fourth-order valence-corrected chi connectivity index (χ4v) is 2.79. The van der Waals surface area contributed by atoms with Gasteiger partial charge in [0, 0.05) is 20.2 Å². The number of hydrogen-bond acceptors (Lipinski definition) is 2. The Bertz CT molecular complexity index is 641. The second-order valence-electron chi connectivity index (χ2n) is 3.82. The zero-order valence-corrected chi connectivity index (χ0v) is 12.9. The van der Waals surface area contributed by atoms with E-state index in [9.17, 15) is 9.59 Å². The van der Waals surface area contributed by atoms with E-state index >= 15 is 0 Å². The number of halogens is 2. The van der Waals surface area contributed by atoms with Crippen molar-refractivity contribution in [3.05, 3.63) is 62.5 Å². The highest BCUT2D eigenvalue weighted by Crippen LogP contribution is 2.23. The molecule has 0 atom stereocenters. The monoisotopic (exact) mass is 381 g/mol. The topological polar surface area (TPSA) is 46.2 Å². The van der Waals surface area contributed by atoms with Crippen molar-refractivity contribution in [2.75, 3.05) is 5.32 Å². The zero-order chi connectivity index (χ0) is 13.8. The molecular weight excluding hydrogens is 374 g/mol. The summed E-state index contributed by atoms with van der Waals surface area (Å²) < 4.78 is 1.59. The lowest BCUT2D eigenvalue weighted by Crippen LogP contribution is -2.12. The third-order valence-electron chi connectivity index (χ3n) is 2.46. The molecule has 0 aliphatic heterocycles. The van der Waals surface area contributed by atoms with Crippen molar-refractivity contribution >= 4 is 49.7 Å². The van der Waals surface area contributed by atoms with E-state index in [1.165, 1.54) is 0 Å². The number of benzene rings is 2. The zero-order valence-electron chi connectivity index (χ0n) is 9.69. The Morgan fingerprint density at radius 2 is 1.89 bits per heavy atom. The van der Waals surface area contributed by atoms with Crippen LogP contribution >= 0.6 is 31.9 Å². The van der Waals surface area contributed by atoms with Crippen molar-refractivity contribution in [2.24, 2.45) is 0 Å². The quantitative estimate of drug-likeness (QED) is 0.805. The molecule has 0 heterocycles. The average molecular weight is 383 g/mol. The minimum Gasteiger partial charge on any atom is -0.322 e. The molecule has 0 unspecified atom stereocenters. The molecule has 2 rings (SSSR count). The van der Waals surface area contributed by atoms with Crippen LogP contribution in [0, 0.1) is 0 Å². The standard InChI is InChI=1S/C14H9Br2NO2/c15-10-4-5-12(13(16)7-10)14(19)17-11-3-1-2-9(6-11)8-18/h1-8H,(H,17,19). The lowest BCUT2D eigenvalue weighted by molar-refractivity contribution is 0.102. The number of nitrogens with one attached hydrogen (secondary N) is 1. The fraction of sp³-hybridized carbons (Fsp3) is 0. The Balaban J connectivity index is 2.22. The van der Waals surface area contributed by atoms with Gasteiger partial charge in [-0.15, -0.1) is 0 Å². The van der Waals surface area contributed by atoms with Gasteiger partial charge in [0.25, 0.3) is 5.91 Å². The van der Waals surface area contributed by atoms with E-state index in [1.807, 2.05) is 0 Å². The second-order valence-corrected chi connectivity index (χ2v) is 5.59. The summed E-state index contributed by atoms with van der Waals surface area (Å²) in [5, 5.41) is 2.75. The van der Waals surface area contributed by atoms with E-state index in [0.29, 0.717) is 21.3 Å². The van der Waals surface area contributed by atoms with Crippen LogP contribution in [-0.4, -0.2) is 12.2 Å². The highest BCUT2D eigenvalue weighted by Gasteiger charge is 2.10. The predicted molar refractivity (Wildman–Crippen MR) is 81.6 cm³/mol. The molecule has 0 aliphatic carbocycles.